The van der Waals surface area contributed by atoms with Crippen molar-refractivity contribution >= 4 is 11.5 Å². The van der Waals surface area contributed by atoms with Gasteiger partial charge in [0.1, 0.15) is 12.1 Å². The fourth-order valence-electron chi connectivity index (χ4n) is 1.60. The van der Waals surface area contributed by atoms with Crippen LogP contribution in [0.15, 0.2) is 18.5 Å². The van der Waals surface area contributed by atoms with Gasteiger partial charge < -0.3 is 5.32 Å². The van der Waals surface area contributed by atoms with Crippen molar-refractivity contribution in [2.45, 2.75) is 25.8 Å². The fraction of sp³-hybridized carbons (Fsp3) is 0.400. The van der Waals surface area contributed by atoms with Gasteiger partial charge >= 0.3 is 0 Å². The lowest BCUT2D eigenvalue weighted by Crippen LogP contribution is -2.07. The molecule has 4 heteroatoms. The Morgan fingerprint density at radius 3 is 3.07 bits per heavy atom. The highest BCUT2D eigenvalue weighted by molar-refractivity contribution is 5.52. The molecule has 0 spiro atoms. The van der Waals surface area contributed by atoms with Gasteiger partial charge in [0, 0.05) is 6.04 Å². The molecule has 0 saturated heterocycles. The SMILES string of the molecule is Cc1cc(NC2CC2)n2ncnc2c1. The summed E-state index contributed by atoms with van der Waals surface area (Å²) >= 11 is 0. The highest BCUT2D eigenvalue weighted by atomic mass is 15.3. The number of hydrogen-bond donors (Lipinski definition) is 1. The predicted molar refractivity (Wildman–Crippen MR) is 54.4 cm³/mol. The fourth-order valence-corrected chi connectivity index (χ4v) is 1.60. The molecule has 4 nitrogen and oxygen atoms in total. The predicted octanol–water partition coefficient (Wildman–Crippen LogP) is 1.61. The van der Waals surface area contributed by atoms with Gasteiger partial charge in [-0.2, -0.15) is 9.61 Å². The van der Waals surface area contributed by atoms with Gasteiger partial charge in [-0.05, 0) is 37.5 Å². The van der Waals surface area contributed by atoms with E-state index < -0.39 is 0 Å². The molecule has 1 aliphatic rings. The summed E-state index contributed by atoms with van der Waals surface area (Å²) in [6.45, 7) is 2.08. The zero-order chi connectivity index (χ0) is 9.54. The Labute approximate surface area is 82.0 Å². The van der Waals surface area contributed by atoms with E-state index in [1.54, 1.807) is 6.33 Å². The number of anilines is 1. The van der Waals surface area contributed by atoms with E-state index in [1.807, 2.05) is 10.6 Å². The first kappa shape index (κ1) is 7.79. The van der Waals surface area contributed by atoms with Crippen LogP contribution in [0.1, 0.15) is 18.4 Å². The van der Waals surface area contributed by atoms with E-state index in [0.717, 1.165) is 11.5 Å². The second-order valence-corrected chi connectivity index (χ2v) is 3.87. The van der Waals surface area contributed by atoms with Gasteiger partial charge in [0.2, 0.25) is 0 Å². The minimum atomic E-state index is 0.643. The smallest absolute Gasteiger partial charge is 0.157 e. The maximum absolute atomic E-state index is 4.18. The lowest BCUT2D eigenvalue weighted by Gasteiger charge is -2.07. The lowest BCUT2D eigenvalue weighted by molar-refractivity contribution is 0.940. The number of hydrogen-bond acceptors (Lipinski definition) is 3. The number of nitrogens with zero attached hydrogens (tertiary/aromatic N) is 3. The van der Waals surface area contributed by atoms with Crippen LogP contribution >= 0.6 is 0 Å². The summed E-state index contributed by atoms with van der Waals surface area (Å²) in [5, 5.41) is 7.63. The molecule has 2 aromatic heterocycles. The van der Waals surface area contributed by atoms with E-state index in [1.165, 1.54) is 18.4 Å². The lowest BCUT2D eigenvalue weighted by atomic mass is 10.3. The average Bonchev–Trinajstić information content (AvgIpc) is 2.81. The number of aromatic nitrogens is 3. The van der Waals surface area contributed by atoms with Crippen molar-refractivity contribution in [1.29, 1.82) is 0 Å². The number of nitrogens with one attached hydrogen (secondary N) is 1. The molecule has 1 saturated carbocycles. The van der Waals surface area contributed by atoms with Crippen LogP contribution in [0.5, 0.6) is 0 Å². The van der Waals surface area contributed by atoms with E-state index in [4.69, 9.17) is 0 Å². The van der Waals surface area contributed by atoms with Crippen molar-refractivity contribution < 1.29 is 0 Å². The largest absolute Gasteiger partial charge is 0.367 e. The van der Waals surface area contributed by atoms with Crippen LogP contribution in [0.2, 0.25) is 0 Å². The summed E-state index contributed by atoms with van der Waals surface area (Å²) < 4.78 is 1.85. The number of aryl methyl sites for hydroxylation is 1. The molecule has 3 rings (SSSR count). The summed E-state index contributed by atoms with van der Waals surface area (Å²) in [5.74, 6) is 1.06. The third-order valence-corrected chi connectivity index (χ3v) is 2.45. The summed E-state index contributed by atoms with van der Waals surface area (Å²) in [4.78, 5) is 4.18. The number of pyridine rings is 1. The van der Waals surface area contributed by atoms with E-state index in [2.05, 4.69) is 28.4 Å². The van der Waals surface area contributed by atoms with Gasteiger partial charge in [0.05, 0.1) is 0 Å². The third kappa shape index (κ3) is 1.23. The summed E-state index contributed by atoms with van der Waals surface area (Å²) in [5.41, 5.74) is 2.13. The molecule has 1 N–H and O–H groups in total. The first-order valence-electron chi connectivity index (χ1n) is 4.90. The van der Waals surface area contributed by atoms with Crippen LogP contribution in [0, 0.1) is 6.92 Å². The van der Waals surface area contributed by atoms with Gasteiger partial charge in [0.25, 0.3) is 0 Å². The average molecular weight is 188 g/mol. The molecule has 72 valence electrons. The molecule has 0 atom stereocenters. The Morgan fingerprint density at radius 1 is 1.43 bits per heavy atom. The van der Waals surface area contributed by atoms with E-state index in [-0.39, 0.29) is 0 Å². The highest BCUT2D eigenvalue weighted by Crippen LogP contribution is 2.25. The van der Waals surface area contributed by atoms with Crippen molar-refractivity contribution in [1.82, 2.24) is 14.6 Å². The molecule has 0 radical (unpaired) electrons. The summed E-state index contributed by atoms with van der Waals surface area (Å²) in [6, 6.07) is 4.79. The van der Waals surface area contributed by atoms with Gasteiger partial charge in [0.15, 0.2) is 5.65 Å². The molecular formula is C10H12N4. The molecule has 0 unspecified atom stereocenters. The second-order valence-electron chi connectivity index (χ2n) is 3.87. The molecule has 0 bridgehead atoms. The quantitative estimate of drug-likeness (QED) is 0.778. The van der Waals surface area contributed by atoms with Crippen LogP contribution < -0.4 is 5.32 Å². The van der Waals surface area contributed by atoms with Gasteiger partial charge in [-0.25, -0.2) is 4.98 Å². The molecular weight excluding hydrogens is 176 g/mol. The van der Waals surface area contributed by atoms with E-state index in [0.29, 0.717) is 6.04 Å². The standard InChI is InChI=1S/C10H12N4/c1-7-4-9-11-6-12-14(9)10(5-7)13-8-2-3-8/h4-6,8,13H,2-3H2,1H3. The summed E-state index contributed by atoms with van der Waals surface area (Å²) in [6.07, 6.45) is 4.13. The van der Waals surface area contributed by atoms with Gasteiger partial charge in [-0.1, -0.05) is 0 Å². The van der Waals surface area contributed by atoms with Crippen molar-refractivity contribution in [3.05, 3.63) is 24.0 Å². The monoisotopic (exact) mass is 188 g/mol. The molecule has 1 aliphatic carbocycles. The Hall–Kier alpha value is -1.58. The molecule has 0 aliphatic heterocycles. The first-order chi connectivity index (χ1) is 6.83. The number of rotatable bonds is 2. The van der Waals surface area contributed by atoms with E-state index >= 15 is 0 Å². The number of fused-ring (bicyclic) bond motifs is 1. The van der Waals surface area contributed by atoms with Crippen molar-refractivity contribution in [2.24, 2.45) is 0 Å². The van der Waals surface area contributed by atoms with Crippen molar-refractivity contribution in [3.63, 3.8) is 0 Å². The molecule has 2 aromatic rings. The Balaban J connectivity index is 2.13. The van der Waals surface area contributed by atoms with Crippen LogP contribution in [0.3, 0.4) is 0 Å². The summed E-state index contributed by atoms with van der Waals surface area (Å²) in [7, 11) is 0. The van der Waals surface area contributed by atoms with Crippen LogP contribution in [0.25, 0.3) is 5.65 Å². The zero-order valence-corrected chi connectivity index (χ0v) is 8.07. The van der Waals surface area contributed by atoms with Gasteiger partial charge in [-0.3, -0.25) is 0 Å². The second kappa shape index (κ2) is 2.70. The zero-order valence-electron chi connectivity index (χ0n) is 8.07. The van der Waals surface area contributed by atoms with Gasteiger partial charge in [-0.15, -0.1) is 0 Å². The minimum absolute atomic E-state index is 0.643. The van der Waals surface area contributed by atoms with Crippen LogP contribution in [-0.4, -0.2) is 20.6 Å². The third-order valence-electron chi connectivity index (χ3n) is 2.45. The molecule has 1 fully saturated rings. The van der Waals surface area contributed by atoms with Crippen molar-refractivity contribution in [2.75, 3.05) is 5.32 Å². The first-order valence-corrected chi connectivity index (χ1v) is 4.90. The molecule has 0 aromatic carbocycles. The Morgan fingerprint density at radius 2 is 2.29 bits per heavy atom. The molecule has 2 heterocycles. The molecule has 14 heavy (non-hydrogen) atoms. The van der Waals surface area contributed by atoms with Crippen LogP contribution in [0.4, 0.5) is 5.82 Å². The van der Waals surface area contributed by atoms with Crippen LogP contribution in [-0.2, 0) is 0 Å². The normalized spacial score (nSPS) is 16.1. The van der Waals surface area contributed by atoms with Crippen molar-refractivity contribution in [3.8, 4) is 0 Å². The molecule has 0 amide bonds. The topological polar surface area (TPSA) is 42.2 Å². The Bertz CT molecular complexity index is 470. The maximum atomic E-state index is 4.18. The Kier molecular flexibility index (Phi) is 1.50. The highest BCUT2D eigenvalue weighted by Gasteiger charge is 2.22. The van der Waals surface area contributed by atoms with E-state index in [9.17, 15) is 0 Å². The minimum Gasteiger partial charge on any atom is -0.367 e. The maximum Gasteiger partial charge on any atom is 0.157 e.